The average Bonchev–Trinajstić information content (AvgIpc) is 2.60. The van der Waals surface area contributed by atoms with E-state index in [1.54, 1.807) is 13.8 Å². The third kappa shape index (κ3) is 4.57. The SMILES string of the molecule is Cc1nn(CC(=O)N[C@@H](CC(C)C)c2ccccc2)c(=O)c(C#N)c1C. The Hall–Kier alpha value is -2.94. The van der Waals surface area contributed by atoms with Gasteiger partial charge in [-0.2, -0.15) is 10.4 Å². The van der Waals surface area contributed by atoms with E-state index in [-0.39, 0.29) is 24.1 Å². The van der Waals surface area contributed by atoms with Gasteiger partial charge in [-0.05, 0) is 37.3 Å². The van der Waals surface area contributed by atoms with Crippen molar-refractivity contribution in [2.75, 3.05) is 0 Å². The predicted molar refractivity (Wildman–Crippen MR) is 99.5 cm³/mol. The van der Waals surface area contributed by atoms with Crippen LogP contribution in [0.2, 0.25) is 0 Å². The van der Waals surface area contributed by atoms with Gasteiger partial charge in [-0.15, -0.1) is 0 Å². The number of hydrogen-bond donors (Lipinski definition) is 1. The van der Waals surface area contributed by atoms with Gasteiger partial charge < -0.3 is 5.32 Å². The highest BCUT2D eigenvalue weighted by Crippen LogP contribution is 2.21. The zero-order chi connectivity index (χ0) is 19.3. The van der Waals surface area contributed by atoms with Crippen molar-refractivity contribution in [3.8, 4) is 6.07 Å². The molecule has 1 aromatic heterocycles. The molecule has 1 atom stereocenters. The second-order valence-electron chi connectivity index (χ2n) is 6.82. The molecule has 136 valence electrons. The molecule has 0 saturated heterocycles. The van der Waals surface area contributed by atoms with E-state index in [9.17, 15) is 14.9 Å². The van der Waals surface area contributed by atoms with Crippen LogP contribution in [0.4, 0.5) is 0 Å². The van der Waals surface area contributed by atoms with Gasteiger partial charge in [-0.3, -0.25) is 9.59 Å². The molecule has 0 fully saturated rings. The van der Waals surface area contributed by atoms with E-state index in [2.05, 4.69) is 24.3 Å². The Balaban J connectivity index is 2.23. The smallest absolute Gasteiger partial charge is 0.285 e. The quantitative estimate of drug-likeness (QED) is 0.866. The molecule has 6 nitrogen and oxygen atoms in total. The molecule has 1 heterocycles. The minimum absolute atomic E-state index is 0.0343. The van der Waals surface area contributed by atoms with Crippen LogP contribution in [0.1, 0.15) is 48.7 Å². The van der Waals surface area contributed by atoms with Gasteiger partial charge >= 0.3 is 0 Å². The monoisotopic (exact) mass is 352 g/mol. The van der Waals surface area contributed by atoms with Crippen molar-refractivity contribution in [3.05, 3.63) is 63.1 Å². The van der Waals surface area contributed by atoms with Gasteiger partial charge in [0.1, 0.15) is 18.2 Å². The standard InChI is InChI=1S/C20H24N4O2/c1-13(2)10-18(16-8-6-5-7-9-16)22-19(25)12-24-20(26)17(11-21)14(3)15(4)23-24/h5-9,13,18H,10,12H2,1-4H3,(H,22,25)/t18-/m0/s1. The summed E-state index contributed by atoms with van der Waals surface area (Å²) in [7, 11) is 0. The summed E-state index contributed by atoms with van der Waals surface area (Å²) in [6.07, 6.45) is 0.786. The molecule has 0 unspecified atom stereocenters. The fourth-order valence-corrected chi connectivity index (χ4v) is 2.82. The molecule has 0 aliphatic heterocycles. The second kappa shape index (κ2) is 8.43. The number of benzene rings is 1. The van der Waals surface area contributed by atoms with E-state index in [1.807, 2.05) is 36.4 Å². The lowest BCUT2D eigenvalue weighted by Gasteiger charge is -2.21. The van der Waals surface area contributed by atoms with Crippen LogP contribution in [0, 0.1) is 31.1 Å². The van der Waals surface area contributed by atoms with E-state index in [1.165, 1.54) is 0 Å². The van der Waals surface area contributed by atoms with E-state index >= 15 is 0 Å². The Morgan fingerprint density at radius 2 is 1.92 bits per heavy atom. The normalized spacial score (nSPS) is 11.8. The summed E-state index contributed by atoms with van der Waals surface area (Å²) in [5, 5.41) is 16.3. The minimum Gasteiger partial charge on any atom is -0.348 e. The summed E-state index contributed by atoms with van der Waals surface area (Å²) < 4.78 is 1.06. The minimum atomic E-state index is -0.536. The highest BCUT2D eigenvalue weighted by Gasteiger charge is 2.18. The van der Waals surface area contributed by atoms with E-state index in [0.29, 0.717) is 17.2 Å². The molecule has 0 saturated carbocycles. The lowest BCUT2D eigenvalue weighted by Crippen LogP contribution is -2.37. The molecule has 2 rings (SSSR count). The van der Waals surface area contributed by atoms with E-state index < -0.39 is 5.56 Å². The first kappa shape index (κ1) is 19.4. The Morgan fingerprint density at radius 3 is 2.50 bits per heavy atom. The molecular formula is C20H24N4O2. The van der Waals surface area contributed by atoms with Crippen molar-refractivity contribution in [2.24, 2.45) is 5.92 Å². The maximum Gasteiger partial charge on any atom is 0.285 e. The third-order valence-corrected chi connectivity index (χ3v) is 4.29. The Bertz CT molecular complexity index is 879. The van der Waals surface area contributed by atoms with Crippen molar-refractivity contribution >= 4 is 5.91 Å². The molecule has 1 aromatic carbocycles. The summed E-state index contributed by atoms with van der Waals surface area (Å²) in [5.41, 5.74) is 1.64. The van der Waals surface area contributed by atoms with Crippen LogP contribution < -0.4 is 10.9 Å². The topological polar surface area (TPSA) is 87.8 Å². The van der Waals surface area contributed by atoms with Crippen molar-refractivity contribution in [2.45, 2.75) is 46.7 Å². The van der Waals surface area contributed by atoms with Crippen LogP contribution in [0.3, 0.4) is 0 Å². The van der Waals surface area contributed by atoms with E-state index in [4.69, 9.17) is 0 Å². The summed E-state index contributed by atoms with van der Waals surface area (Å²) in [6.45, 7) is 7.37. The fourth-order valence-electron chi connectivity index (χ4n) is 2.82. The van der Waals surface area contributed by atoms with Crippen molar-refractivity contribution < 1.29 is 4.79 Å². The van der Waals surface area contributed by atoms with Crippen LogP contribution in [0.25, 0.3) is 0 Å². The largest absolute Gasteiger partial charge is 0.348 e. The lowest BCUT2D eigenvalue weighted by atomic mass is 9.97. The van der Waals surface area contributed by atoms with Gasteiger partial charge in [-0.1, -0.05) is 44.2 Å². The van der Waals surface area contributed by atoms with Crippen molar-refractivity contribution in [1.82, 2.24) is 15.1 Å². The number of amides is 1. The van der Waals surface area contributed by atoms with Gasteiger partial charge in [0.2, 0.25) is 5.91 Å². The molecule has 26 heavy (non-hydrogen) atoms. The number of carbonyl (C=O) groups is 1. The number of aromatic nitrogens is 2. The Kier molecular flexibility index (Phi) is 6.29. The third-order valence-electron chi connectivity index (χ3n) is 4.29. The second-order valence-corrected chi connectivity index (χ2v) is 6.82. The molecule has 0 aliphatic carbocycles. The van der Waals surface area contributed by atoms with Crippen molar-refractivity contribution in [3.63, 3.8) is 0 Å². The number of carbonyl (C=O) groups excluding carboxylic acids is 1. The van der Waals surface area contributed by atoms with E-state index in [0.717, 1.165) is 16.7 Å². The first-order chi connectivity index (χ1) is 12.3. The molecule has 1 amide bonds. The number of nitriles is 1. The zero-order valence-electron chi connectivity index (χ0n) is 15.6. The van der Waals surface area contributed by atoms with Crippen LogP contribution in [-0.4, -0.2) is 15.7 Å². The number of rotatable bonds is 6. The highest BCUT2D eigenvalue weighted by atomic mass is 16.2. The average molecular weight is 352 g/mol. The molecule has 6 heteroatoms. The van der Waals surface area contributed by atoms with Crippen LogP contribution in [0.15, 0.2) is 35.1 Å². The maximum absolute atomic E-state index is 12.5. The van der Waals surface area contributed by atoms with Crippen LogP contribution in [-0.2, 0) is 11.3 Å². The lowest BCUT2D eigenvalue weighted by molar-refractivity contribution is -0.122. The molecule has 0 spiro atoms. The predicted octanol–water partition coefficient (Wildman–Crippen LogP) is 2.64. The molecule has 0 bridgehead atoms. The number of nitrogens with zero attached hydrogens (tertiary/aromatic N) is 3. The molecule has 2 aromatic rings. The van der Waals surface area contributed by atoms with Crippen molar-refractivity contribution in [1.29, 1.82) is 5.26 Å². The van der Waals surface area contributed by atoms with Crippen LogP contribution >= 0.6 is 0 Å². The number of nitrogens with one attached hydrogen (secondary N) is 1. The highest BCUT2D eigenvalue weighted by molar-refractivity contribution is 5.76. The number of hydrogen-bond acceptors (Lipinski definition) is 4. The van der Waals surface area contributed by atoms with Gasteiger partial charge in [0, 0.05) is 0 Å². The summed E-state index contributed by atoms with van der Waals surface area (Å²) in [4.78, 5) is 24.9. The first-order valence-corrected chi connectivity index (χ1v) is 8.66. The van der Waals surface area contributed by atoms with Gasteiger partial charge in [-0.25, -0.2) is 4.68 Å². The maximum atomic E-state index is 12.5. The molecule has 0 radical (unpaired) electrons. The summed E-state index contributed by atoms with van der Waals surface area (Å²) in [6, 6.07) is 11.5. The molecular weight excluding hydrogens is 328 g/mol. The summed E-state index contributed by atoms with van der Waals surface area (Å²) in [5.74, 6) is 0.0920. The molecule has 0 aliphatic rings. The molecule has 1 N–H and O–H groups in total. The Morgan fingerprint density at radius 1 is 1.27 bits per heavy atom. The first-order valence-electron chi connectivity index (χ1n) is 8.66. The van der Waals surface area contributed by atoms with Gasteiger partial charge in [0.15, 0.2) is 0 Å². The van der Waals surface area contributed by atoms with Gasteiger partial charge in [0.05, 0.1) is 11.7 Å². The fraction of sp³-hybridized carbons (Fsp3) is 0.400. The summed E-state index contributed by atoms with van der Waals surface area (Å²) >= 11 is 0. The zero-order valence-corrected chi connectivity index (χ0v) is 15.6. The Labute approximate surface area is 153 Å². The number of aryl methyl sites for hydroxylation is 1. The van der Waals surface area contributed by atoms with Crippen LogP contribution in [0.5, 0.6) is 0 Å². The van der Waals surface area contributed by atoms with Gasteiger partial charge in [0.25, 0.3) is 5.56 Å².